The van der Waals surface area contributed by atoms with Crippen LogP contribution in [0.15, 0.2) is 0 Å². The SMILES string of the molecule is COC1CCC2C3CC[NH+]([O-])C4CCC(=O)N(C2C1)C34. The third-order valence-corrected chi connectivity index (χ3v) is 6.33. The number of rotatable bonds is 1. The van der Waals surface area contributed by atoms with E-state index < -0.39 is 0 Å². The van der Waals surface area contributed by atoms with E-state index in [0.29, 0.717) is 35.5 Å². The minimum absolute atomic E-state index is 0.137. The topological polar surface area (TPSA) is 57.0 Å². The number of quaternary nitrogens is 1. The van der Waals surface area contributed by atoms with Crippen LogP contribution in [0.5, 0.6) is 0 Å². The number of carbonyl (C=O) groups excluding carboxylic acids is 1. The van der Waals surface area contributed by atoms with Gasteiger partial charge in [-0.2, -0.15) is 0 Å². The largest absolute Gasteiger partial charge is 0.634 e. The van der Waals surface area contributed by atoms with E-state index in [0.717, 1.165) is 38.6 Å². The van der Waals surface area contributed by atoms with Gasteiger partial charge in [0, 0.05) is 32.4 Å². The molecule has 3 saturated heterocycles. The Balaban J connectivity index is 1.67. The summed E-state index contributed by atoms with van der Waals surface area (Å²) in [5, 5.41) is 12.6. The first-order valence-electron chi connectivity index (χ1n) is 8.07. The highest BCUT2D eigenvalue weighted by molar-refractivity contribution is 5.78. The lowest BCUT2D eigenvalue weighted by Gasteiger charge is -2.48. The van der Waals surface area contributed by atoms with Crippen LogP contribution in [-0.4, -0.2) is 48.7 Å². The van der Waals surface area contributed by atoms with Gasteiger partial charge in [0.1, 0.15) is 6.04 Å². The predicted octanol–water partition coefficient (Wildman–Crippen LogP) is -0.0541. The second kappa shape index (κ2) is 4.68. The monoisotopic (exact) mass is 280 g/mol. The summed E-state index contributed by atoms with van der Waals surface area (Å²) in [6, 6.07) is 0.700. The van der Waals surface area contributed by atoms with Crippen LogP contribution in [0.25, 0.3) is 0 Å². The fourth-order valence-electron chi connectivity index (χ4n) is 5.50. The molecule has 1 N–H and O–H groups in total. The molecule has 1 amide bonds. The zero-order chi connectivity index (χ0) is 13.9. The van der Waals surface area contributed by atoms with E-state index >= 15 is 0 Å². The summed E-state index contributed by atoms with van der Waals surface area (Å²) in [5.74, 6) is 1.48. The number of hydroxylamine groups is 2. The summed E-state index contributed by atoms with van der Waals surface area (Å²) in [5.41, 5.74) is 0. The molecule has 4 aliphatic rings. The molecule has 20 heavy (non-hydrogen) atoms. The fraction of sp³-hybridized carbons (Fsp3) is 0.933. The summed E-state index contributed by atoms with van der Waals surface area (Å²) < 4.78 is 5.54. The van der Waals surface area contributed by atoms with E-state index in [-0.39, 0.29) is 18.0 Å². The molecule has 3 heterocycles. The van der Waals surface area contributed by atoms with Crippen molar-refractivity contribution in [2.24, 2.45) is 11.8 Å². The molecule has 4 fully saturated rings. The minimum Gasteiger partial charge on any atom is -0.634 e. The third-order valence-electron chi connectivity index (χ3n) is 6.33. The number of methoxy groups -OCH3 is 1. The molecule has 3 aliphatic heterocycles. The first-order chi connectivity index (χ1) is 9.70. The molecular weight excluding hydrogens is 256 g/mol. The van der Waals surface area contributed by atoms with E-state index in [2.05, 4.69) is 4.90 Å². The van der Waals surface area contributed by atoms with Gasteiger partial charge in [0.2, 0.25) is 5.91 Å². The maximum Gasteiger partial charge on any atom is 0.223 e. The molecule has 1 saturated carbocycles. The van der Waals surface area contributed by atoms with Gasteiger partial charge in [-0.3, -0.25) is 4.79 Å². The number of ether oxygens (including phenoxy) is 1. The maximum absolute atomic E-state index is 12.4. The van der Waals surface area contributed by atoms with Crippen molar-refractivity contribution in [2.45, 2.75) is 62.8 Å². The smallest absolute Gasteiger partial charge is 0.223 e. The Hall–Kier alpha value is -0.650. The highest BCUT2D eigenvalue weighted by Crippen LogP contribution is 2.49. The summed E-state index contributed by atoms with van der Waals surface area (Å²) in [6.45, 7) is 0.741. The van der Waals surface area contributed by atoms with Crippen molar-refractivity contribution in [3.8, 4) is 0 Å². The van der Waals surface area contributed by atoms with Crippen LogP contribution in [0.1, 0.15) is 38.5 Å². The molecule has 0 radical (unpaired) electrons. The van der Waals surface area contributed by atoms with E-state index in [1.807, 2.05) is 0 Å². The highest BCUT2D eigenvalue weighted by atomic mass is 16.5. The molecule has 5 heteroatoms. The van der Waals surface area contributed by atoms with Gasteiger partial charge >= 0.3 is 0 Å². The van der Waals surface area contributed by atoms with Crippen LogP contribution in [-0.2, 0) is 9.53 Å². The summed E-state index contributed by atoms with van der Waals surface area (Å²) in [7, 11) is 1.78. The van der Waals surface area contributed by atoms with Crippen molar-refractivity contribution in [1.82, 2.24) is 4.90 Å². The van der Waals surface area contributed by atoms with Gasteiger partial charge in [0.25, 0.3) is 0 Å². The molecule has 5 nitrogen and oxygen atoms in total. The Kier molecular flexibility index (Phi) is 3.05. The van der Waals surface area contributed by atoms with Crippen molar-refractivity contribution in [2.75, 3.05) is 13.7 Å². The first kappa shape index (κ1) is 13.0. The van der Waals surface area contributed by atoms with Gasteiger partial charge in [-0.05, 0) is 31.1 Å². The van der Waals surface area contributed by atoms with Gasteiger partial charge in [0.05, 0.1) is 18.7 Å². The van der Waals surface area contributed by atoms with Gasteiger partial charge < -0.3 is 19.9 Å². The highest BCUT2D eigenvalue weighted by Gasteiger charge is 2.59. The maximum atomic E-state index is 12.4. The molecule has 0 aromatic carbocycles. The number of fused-ring (bicyclic) bond motifs is 3. The molecule has 112 valence electrons. The number of amides is 1. The lowest BCUT2D eigenvalue weighted by molar-refractivity contribution is -0.886. The lowest BCUT2D eigenvalue weighted by Crippen LogP contribution is -3.15. The Labute approximate surface area is 119 Å². The summed E-state index contributed by atoms with van der Waals surface area (Å²) in [6.07, 6.45) is 5.91. The van der Waals surface area contributed by atoms with Crippen molar-refractivity contribution < 1.29 is 14.6 Å². The van der Waals surface area contributed by atoms with Crippen LogP contribution < -0.4 is 5.06 Å². The van der Waals surface area contributed by atoms with E-state index in [9.17, 15) is 10.0 Å². The number of hydrogen-bond acceptors (Lipinski definition) is 3. The number of nitrogens with zero attached hydrogens (tertiary/aromatic N) is 1. The van der Waals surface area contributed by atoms with E-state index in [1.54, 1.807) is 7.11 Å². The third kappa shape index (κ3) is 1.69. The molecule has 0 spiro atoms. The van der Waals surface area contributed by atoms with Gasteiger partial charge in [-0.1, -0.05) is 0 Å². The van der Waals surface area contributed by atoms with Crippen LogP contribution >= 0.6 is 0 Å². The summed E-state index contributed by atoms with van der Waals surface area (Å²) >= 11 is 0. The number of piperidine rings is 2. The average molecular weight is 280 g/mol. The number of carbonyl (C=O) groups is 1. The van der Waals surface area contributed by atoms with Crippen LogP contribution in [0.3, 0.4) is 0 Å². The molecule has 0 aromatic rings. The quantitative estimate of drug-likeness (QED) is 0.685. The minimum atomic E-state index is 0.137. The molecule has 0 aromatic heterocycles. The Morgan fingerprint density at radius 1 is 1.25 bits per heavy atom. The van der Waals surface area contributed by atoms with Gasteiger partial charge in [-0.25, -0.2) is 0 Å². The molecule has 7 unspecified atom stereocenters. The average Bonchev–Trinajstić information content (AvgIpc) is 2.80. The Morgan fingerprint density at radius 3 is 2.90 bits per heavy atom. The van der Waals surface area contributed by atoms with Crippen LogP contribution in [0, 0.1) is 17.0 Å². The summed E-state index contributed by atoms with van der Waals surface area (Å²) in [4.78, 5) is 14.6. The molecule has 7 atom stereocenters. The molecule has 1 aliphatic carbocycles. The number of hydrogen-bond donors (Lipinski definition) is 1. The molecular formula is C15H24N2O3. The lowest BCUT2D eigenvalue weighted by atomic mass is 9.73. The van der Waals surface area contributed by atoms with Crippen molar-refractivity contribution in [3.05, 3.63) is 5.21 Å². The Morgan fingerprint density at radius 2 is 2.10 bits per heavy atom. The van der Waals surface area contributed by atoms with Crippen molar-refractivity contribution >= 4 is 5.91 Å². The van der Waals surface area contributed by atoms with Gasteiger partial charge in [-0.15, -0.1) is 0 Å². The molecule has 4 rings (SSSR count). The fourth-order valence-corrected chi connectivity index (χ4v) is 5.50. The van der Waals surface area contributed by atoms with Crippen molar-refractivity contribution in [3.63, 3.8) is 0 Å². The van der Waals surface area contributed by atoms with Crippen molar-refractivity contribution in [1.29, 1.82) is 0 Å². The zero-order valence-electron chi connectivity index (χ0n) is 12.1. The second-order valence-corrected chi connectivity index (χ2v) is 7.01. The first-order valence-corrected chi connectivity index (χ1v) is 8.07. The van der Waals surface area contributed by atoms with E-state index in [4.69, 9.17) is 4.74 Å². The van der Waals surface area contributed by atoms with Crippen LogP contribution in [0.2, 0.25) is 0 Å². The standard InChI is InChI=1S/C15H24N2O3/c1-20-9-2-3-10-11-6-7-16(19)12-4-5-14(18)17(15(11)12)13(10)8-9/h9-13,15-16H,2-8H2,1H3. The Bertz CT molecular complexity index is 416. The molecule has 0 bridgehead atoms. The zero-order valence-corrected chi connectivity index (χ0v) is 12.1. The predicted molar refractivity (Wildman–Crippen MR) is 72.9 cm³/mol. The van der Waals surface area contributed by atoms with E-state index in [1.165, 1.54) is 0 Å². The normalized spacial score (nSPS) is 50.8. The van der Waals surface area contributed by atoms with Crippen LogP contribution in [0.4, 0.5) is 0 Å². The van der Waals surface area contributed by atoms with Gasteiger partial charge in [0.15, 0.2) is 0 Å². The number of nitrogens with one attached hydrogen (secondary N) is 1. The second-order valence-electron chi connectivity index (χ2n) is 7.01.